The highest BCUT2D eigenvalue weighted by Crippen LogP contribution is 2.37. The van der Waals surface area contributed by atoms with Crippen LogP contribution in [0.5, 0.6) is 0 Å². The van der Waals surface area contributed by atoms with Crippen molar-refractivity contribution < 1.29 is 4.55 Å². The van der Waals surface area contributed by atoms with Crippen LogP contribution in [0, 0.1) is 13.5 Å². The van der Waals surface area contributed by atoms with Crippen molar-refractivity contribution in [2.75, 3.05) is 0 Å². The fourth-order valence-electron chi connectivity index (χ4n) is 3.92. The molecule has 0 saturated heterocycles. The van der Waals surface area contributed by atoms with Crippen LogP contribution in [0.2, 0.25) is 0 Å². The minimum absolute atomic E-state index is 0.151. The van der Waals surface area contributed by atoms with Crippen molar-refractivity contribution in [1.29, 1.82) is 0 Å². The predicted octanol–water partition coefficient (Wildman–Crippen LogP) is 4.78. The molecule has 0 heterocycles. The fourth-order valence-corrected chi connectivity index (χ4v) is 4.84. The first-order valence-electron chi connectivity index (χ1n) is 9.44. The van der Waals surface area contributed by atoms with E-state index in [0.717, 1.165) is 29.5 Å². The van der Waals surface area contributed by atoms with Crippen LogP contribution in [0.4, 0.5) is 0 Å². The lowest BCUT2D eigenvalue weighted by molar-refractivity contribution is 0.555. The highest BCUT2D eigenvalue weighted by Gasteiger charge is 2.37. The third-order valence-electron chi connectivity index (χ3n) is 5.36. The van der Waals surface area contributed by atoms with E-state index in [1.807, 2.05) is 43.3 Å². The number of aryl methyl sites for hydroxylation is 3. The molecule has 3 aromatic carbocycles. The molecule has 0 saturated carbocycles. The molecule has 140 valence electrons. The normalized spacial score (nSPS) is 15.6. The molecule has 2 atom stereocenters. The van der Waals surface area contributed by atoms with Crippen molar-refractivity contribution in [3.05, 3.63) is 112 Å². The molecule has 1 N–H and O–H groups in total. The van der Waals surface area contributed by atoms with Gasteiger partial charge in [0.25, 0.3) is 0 Å². The summed E-state index contributed by atoms with van der Waals surface area (Å²) in [5, 5.41) is 0. The van der Waals surface area contributed by atoms with E-state index in [1.165, 1.54) is 11.1 Å². The number of nitrogens with one attached hydrogen (secondary N) is 1. The molecule has 1 aliphatic carbocycles. The monoisotopic (exact) mass is 386 g/mol. The van der Waals surface area contributed by atoms with Crippen LogP contribution in [-0.4, -0.2) is 10.7 Å². The van der Waals surface area contributed by atoms with E-state index in [9.17, 15) is 4.55 Å². The average Bonchev–Trinajstić information content (AvgIpc) is 2.89. The summed E-state index contributed by atoms with van der Waals surface area (Å²) in [6.45, 7) is 9.87. The van der Waals surface area contributed by atoms with Crippen LogP contribution >= 0.6 is 0 Å². The third kappa shape index (κ3) is 3.70. The van der Waals surface area contributed by atoms with Crippen molar-refractivity contribution in [1.82, 2.24) is 4.72 Å². The van der Waals surface area contributed by atoms with Crippen LogP contribution in [0.3, 0.4) is 0 Å². The molecule has 0 aliphatic heterocycles. The molecule has 0 radical (unpaired) electrons. The molecule has 0 spiro atoms. The lowest BCUT2D eigenvalue weighted by atomic mass is 9.86. The average molecular weight is 387 g/mol. The van der Waals surface area contributed by atoms with Gasteiger partial charge in [-0.15, -0.1) is 0 Å². The first-order chi connectivity index (χ1) is 13.7. The van der Waals surface area contributed by atoms with Crippen LogP contribution in [0.15, 0.2) is 77.7 Å². The number of fused-ring (bicyclic) bond motifs is 2. The van der Waals surface area contributed by atoms with Gasteiger partial charge in [-0.1, -0.05) is 70.9 Å². The number of hydrogen-bond donors (Lipinski definition) is 1. The topological polar surface area (TPSA) is 39.5 Å². The van der Waals surface area contributed by atoms with Crippen LogP contribution in [0.1, 0.15) is 33.7 Å². The third-order valence-corrected chi connectivity index (χ3v) is 6.52. The summed E-state index contributed by atoms with van der Waals surface area (Å²) in [5.41, 5.74) is 5.96. The fraction of sp³-hybridized carbons (Fsp3) is 0.208. The van der Waals surface area contributed by atoms with Crippen LogP contribution < -0.4 is 4.72 Å². The lowest BCUT2D eigenvalue weighted by Gasteiger charge is -2.22. The smallest absolute Gasteiger partial charge is 0.325 e. The second-order valence-electron chi connectivity index (χ2n) is 7.15. The SMILES string of the molecule is [C-]#[N+][C@@H](N[S+]([O-])c1ccc(C)cc1)C1c2ccccc2CCc2ccccc21. The summed E-state index contributed by atoms with van der Waals surface area (Å²) in [6.07, 6.45) is 1.30. The molecule has 3 nitrogen and oxygen atoms in total. The molecule has 0 fully saturated rings. The Balaban J connectivity index is 1.73. The van der Waals surface area contributed by atoms with Crippen molar-refractivity contribution >= 4 is 11.4 Å². The Morgan fingerprint density at radius 1 is 0.929 bits per heavy atom. The minimum Gasteiger partial charge on any atom is -0.593 e. The summed E-state index contributed by atoms with van der Waals surface area (Å²) in [5.74, 6) is -0.151. The van der Waals surface area contributed by atoms with Crippen molar-refractivity contribution in [2.45, 2.75) is 36.7 Å². The van der Waals surface area contributed by atoms with Gasteiger partial charge in [-0.2, -0.15) is 0 Å². The first-order valence-corrected chi connectivity index (χ1v) is 10.6. The van der Waals surface area contributed by atoms with Gasteiger partial charge in [0, 0.05) is 0 Å². The quantitative estimate of drug-likeness (QED) is 0.518. The van der Waals surface area contributed by atoms with Gasteiger partial charge in [0.05, 0.1) is 11.4 Å². The zero-order valence-electron chi connectivity index (χ0n) is 15.8. The summed E-state index contributed by atoms with van der Waals surface area (Å²) in [7, 11) is 0. The van der Waals surface area contributed by atoms with E-state index in [4.69, 9.17) is 6.57 Å². The summed E-state index contributed by atoms with van der Waals surface area (Å²) >= 11 is -1.45. The Morgan fingerprint density at radius 2 is 1.46 bits per heavy atom. The number of nitrogens with zero attached hydrogens (tertiary/aromatic N) is 1. The molecule has 4 rings (SSSR count). The van der Waals surface area contributed by atoms with E-state index < -0.39 is 17.5 Å². The van der Waals surface area contributed by atoms with E-state index in [-0.39, 0.29) is 5.92 Å². The standard InChI is InChI=1S/C24H22N2OS/c1-17-11-15-20(16-12-17)28(27)26-24(25-2)23-21-9-5-3-7-18(21)13-14-19-8-4-6-10-22(19)23/h3-12,15-16,23-24,26H,13-14H2,1H3/t24-,28?/m0/s1. The van der Waals surface area contributed by atoms with Crippen LogP contribution in [0.25, 0.3) is 4.85 Å². The van der Waals surface area contributed by atoms with Gasteiger partial charge >= 0.3 is 6.17 Å². The maximum absolute atomic E-state index is 12.9. The Hall–Kier alpha value is -2.58. The van der Waals surface area contributed by atoms with Gasteiger partial charge in [-0.3, -0.25) is 4.85 Å². The Kier molecular flexibility index (Phi) is 5.50. The highest BCUT2D eigenvalue weighted by atomic mass is 32.2. The van der Waals surface area contributed by atoms with Gasteiger partial charge in [0.1, 0.15) is 5.92 Å². The number of benzene rings is 3. The van der Waals surface area contributed by atoms with Crippen molar-refractivity contribution in [3.8, 4) is 0 Å². The van der Waals surface area contributed by atoms with E-state index in [2.05, 4.69) is 46.0 Å². The van der Waals surface area contributed by atoms with E-state index in [1.54, 1.807) is 0 Å². The molecule has 3 aromatic rings. The van der Waals surface area contributed by atoms with Gasteiger partial charge in [0.15, 0.2) is 4.90 Å². The Labute approximate surface area is 169 Å². The molecular weight excluding hydrogens is 364 g/mol. The molecular formula is C24H22N2OS. The molecule has 0 aromatic heterocycles. The molecule has 0 amide bonds. The zero-order valence-corrected chi connectivity index (χ0v) is 16.6. The summed E-state index contributed by atoms with van der Waals surface area (Å²) in [4.78, 5) is 4.57. The van der Waals surface area contributed by atoms with Crippen molar-refractivity contribution in [3.63, 3.8) is 0 Å². The van der Waals surface area contributed by atoms with Gasteiger partial charge < -0.3 is 4.55 Å². The summed E-state index contributed by atoms with van der Waals surface area (Å²) in [6, 6.07) is 24.3. The molecule has 1 unspecified atom stereocenters. The van der Waals surface area contributed by atoms with Crippen LogP contribution in [-0.2, 0) is 24.2 Å². The van der Waals surface area contributed by atoms with Gasteiger partial charge in [-0.25, -0.2) is 6.57 Å². The molecule has 28 heavy (non-hydrogen) atoms. The maximum atomic E-state index is 12.9. The zero-order chi connectivity index (χ0) is 19.5. The largest absolute Gasteiger partial charge is 0.593 e. The Bertz CT molecular complexity index is 962. The highest BCUT2D eigenvalue weighted by molar-refractivity contribution is 7.89. The predicted molar refractivity (Wildman–Crippen MR) is 113 cm³/mol. The number of hydrogen-bond acceptors (Lipinski definition) is 2. The summed E-state index contributed by atoms with van der Waals surface area (Å²) < 4.78 is 16.0. The lowest BCUT2D eigenvalue weighted by Crippen LogP contribution is -2.37. The van der Waals surface area contributed by atoms with E-state index in [0.29, 0.717) is 4.90 Å². The molecule has 0 bridgehead atoms. The van der Waals surface area contributed by atoms with Crippen molar-refractivity contribution in [2.24, 2.45) is 0 Å². The molecule has 1 aliphatic rings. The van der Waals surface area contributed by atoms with Gasteiger partial charge in [0.2, 0.25) is 0 Å². The molecule has 4 heteroatoms. The number of rotatable bonds is 4. The van der Waals surface area contributed by atoms with Gasteiger partial charge in [-0.05, 0) is 54.2 Å². The second kappa shape index (κ2) is 8.20. The maximum Gasteiger partial charge on any atom is 0.325 e. The minimum atomic E-state index is -1.45. The van der Waals surface area contributed by atoms with E-state index >= 15 is 0 Å². The Morgan fingerprint density at radius 3 is 2.00 bits per heavy atom. The first kappa shape index (κ1) is 18.8. The second-order valence-corrected chi connectivity index (χ2v) is 8.39.